The van der Waals surface area contributed by atoms with Gasteiger partial charge in [0.15, 0.2) is 0 Å². The quantitative estimate of drug-likeness (QED) is 0.809. The Balaban J connectivity index is 2.28. The van der Waals surface area contributed by atoms with Crippen molar-refractivity contribution >= 4 is 15.9 Å². The van der Waals surface area contributed by atoms with Gasteiger partial charge in [-0.2, -0.15) is 0 Å². The van der Waals surface area contributed by atoms with Crippen LogP contribution in [0.2, 0.25) is 0 Å². The molecule has 1 atom stereocenters. The fourth-order valence-corrected chi connectivity index (χ4v) is 2.48. The lowest BCUT2D eigenvalue weighted by molar-refractivity contribution is 0.463. The third kappa shape index (κ3) is 3.84. The third-order valence-corrected chi connectivity index (χ3v) is 3.69. The number of ether oxygens (including phenoxy) is 1. The normalized spacial score (nSPS) is 12.2. The Hall–Kier alpha value is -1.32. The predicted octanol–water partition coefficient (Wildman–Crippen LogP) is 5.22. The first-order valence-electron chi connectivity index (χ1n) is 6.87. The smallest absolute Gasteiger partial charge is 0.132 e. The molecule has 0 heterocycles. The standard InChI is InChI=1S/C17H20BrNO/c1-4-19-13(3)16-11-14(18)7-10-17(16)20-15-8-5-12(2)6-9-15/h5-11,13,19H,4H2,1-3H3. The molecule has 2 nitrogen and oxygen atoms in total. The Kier molecular flexibility index (Phi) is 5.21. The van der Waals surface area contributed by atoms with Crippen LogP contribution in [0.1, 0.15) is 31.0 Å². The van der Waals surface area contributed by atoms with Crippen LogP contribution in [0, 0.1) is 6.92 Å². The van der Waals surface area contributed by atoms with E-state index >= 15 is 0 Å². The first-order chi connectivity index (χ1) is 9.60. The molecule has 0 aliphatic carbocycles. The molecule has 106 valence electrons. The lowest BCUT2D eigenvalue weighted by atomic mass is 10.1. The summed E-state index contributed by atoms with van der Waals surface area (Å²) in [6.45, 7) is 7.25. The van der Waals surface area contributed by atoms with Crippen LogP contribution in [0.4, 0.5) is 0 Å². The Labute approximate surface area is 129 Å². The zero-order valence-corrected chi connectivity index (χ0v) is 13.7. The van der Waals surface area contributed by atoms with Crippen LogP contribution in [0.25, 0.3) is 0 Å². The lowest BCUT2D eigenvalue weighted by Gasteiger charge is -2.18. The number of nitrogens with one attached hydrogen (secondary N) is 1. The van der Waals surface area contributed by atoms with Gasteiger partial charge in [-0.1, -0.05) is 40.5 Å². The average Bonchev–Trinajstić information content (AvgIpc) is 2.43. The summed E-state index contributed by atoms with van der Waals surface area (Å²) in [6.07, 6.45) is 0. The number of aryl methyl sites for hydroxylation is 1. The van der Waals surface area contributed by atoms with Crippen LogP contribution in [0.15, 0.2) is 46.9 Å². The van der Waals surface area contributed by atoms with Gasteiger partial charge >= 0.3 is 0 Å². The number of halogens is 1. The van der Waals surface area contributed by atoms with Gasteiger partial charge in [0.1, 0.15) is 11.5 Å². The summed E-state index contributed by atoms with van der Waals surface area (Å²) in [5.74, 6) is 1.76. The molecule has 0 saturated heterocycles. The van der Waals surface area contributed by atoms with Gasteiger partial charge in [-0.25, -0.2) is 0 Å². The number of hydrogen-bond donors (Lipinski definition) is 1. The minimum absolute atomic E-state index is 0.248. The van der Waals surface area contributed by atoms with Crippen LogP contribution in [-0.4, -0.2) is 6.54 Å². The zero-order valence-electron chi connectivity index (χ0n) is 12.1. The Bertz CT molecular complexity index is 566. The molecule has 0 bridgehead atoms. The van der Waals surface area contributed by atoms with Crippen molar-refractivity contribution in [2.75, 3.05) is 6.54 Å². The van der Waals surface area contributed by atoms with Gasteiger partial charge in [0.25, 0.3) is 0 Å². The van der Waals surface area contributed by atoms with Crippen molar-refractivity contribution in [1.29, 1.82) is 0 Å². The molecule has 0 radical (unpaired) electrons. The lowest BCUT2D eigenvalue weighted by Crippen LogP contribution is -2.18. The maximum absolute atomic E-state index is 6.03. The van der Waals surface area contributed by atoms with Crippen molar-refractivity contribution in [2.45, 2.75) is 26.8 Å². The molecule has 1 unspecified atom stereocenters. The first kappa shape index (κ1) is 15.1. The van der Waals surface area contributed by atoms with Crippen LogP contribution < -0.4 is 10.1 Å². The van der Waals surface area contributed by atoms with Gasteiger partial charge < -0.3 is 10.1 Å². The van der Waals surface area contributed by atoms with Crippen LogP contribution >= 0.6 is 15.9 Å². The Morgan fingerprint density at radius 2 is 1.85 bits per heavy atom. The van der Waals surface area contributed by atoms with E-state index in [1.165, 1.54) is 5.56 Å². The summed E-state index contributed by atoms with van der Waals surface area (Å²) in [5, 5.41) is 3.42. The highest BCUT2D eigenvalue weighted by atomic mass is 79.9. The molecule has 0 aliphatic rings. The Morgan fingerprint density at radius 1 is 1.15 bits per heavy atom. The summed E-state index contributed by atoms with van der Waals surface area (Å²) < 4.78 is 7.09. The summed E-state index contributed by atoms with van der Waals surface area (Å²) in [5.41, 5.74) is 2.39. The van der Waals surface area contributed by atoms with E-state index in [1.807, 2.05) is 24.3 Å². The van der Waals surface area contributed by atoms with Crippen molar-refractivity contribution in [1.82, 2.24) is 5.32 Å². The second kappa shape index (κ2) is 6.91. The summed E-state index contributed by atoms with van der Waals surface area (Å²) >= 11 is 3.53. The molecule has 0 fully saturated rings. The number of rotatable bonds is 5. The van der Waals surface area contributed by atoms with Gasteiger partial charge in [0.05, 0.1) is 0 Å². The van der Waals surface area contributed by atoms with Gasteiger partial charge in [-0.15, -0.1) is 0 Å². The van der Waals surface area contributed by atoms with Crippen LogP contribution in [-0.2, 0) is 0 Å². The maximum atomic E-state index is 6.03. The number of hydrogen-bond acceptors (Lipinski definition) is 2. The van der Waals surface area contributed by atoms with Crippen molar-refractivity contribution in [3.8, 4) is 11.5 Å². The largest absolute Gasteiger partial charge is 0.457 e. The molecule has 0 amide bonds. The molecular formula is C17H20BrNO. The zero-order chi connectivity index (χ0) is 14.5. The molecule has 2 rings (SSSR count). The van der Waals surface area contributed by atoms with E-state index in [0.717, 1.165) is 28.1 Å². The molecule has 0 aliphatic heterocycles. The fourth-order valence-electron chi connectivity index (χ4n) is 2.10. The molecule has 0 spiro atoms. The van der Waals surface area contributed by atoms with E-state index in [0.29, 0.717) is 0 Å². The second-order valence-electron chi connectivity index (χ2n) is 4.88. The maximum Gasteiger partial charge on any atom is 0.132 e. The summed E-state index contributed by atoms with van der Waals surface area (Å²) in [6, 6.07) is 14.5. The molecular weight excluding hydrogens is 314 g/mol. The molecule has 3 heteroatoms. The van der Waals surface area contributed by atoms with Crippen LogP contribution in [0.3, 0.4) is 0 Å². The molecule has 0 saturated carbocycles. The van der Waals surface area contributed by atoms with Crippen molar-refractivity contribution in [2.24, 2.45) is 0 Å². The molecule has 2 aromatic carbocycles. The fraction of sp³-hybridized carbons (Fsp3) is 0.294. The highest BCUT2D eigenvalue weighted by Crippen LogP contribution is 2.32. The van der Waals surface area contributed by atoms with E-state index in [4.69, 9.17) is 4.74 Å². The minimum atomic E-state index is 0.248. The topological polar surface area (TPSA) is 21.3 Å². The molecule has 2 aromatic rings. The summed E-state index contributed by atoms with van der Waals surface area (Å²) in [7, 11) is 0. The SMILES string of the molecule is CCNC(C)c1cc(Br)ccc1Oc1ccc(C)cc1. The first-order valence-corrected chi connectivity index (χ1v) is 7.66. The second-order valence-corrected chi connectivity index (χ2v) is 5.79. The average molecular weight is 334 g/mol. The third-order valence-electron chi connectivity index (χ3n) is 3.20. The highest BCUT2D eigenvalue weighted by Gasteiger charge is 2.12. The highest BCUT2D eigenvalue weighted by molar-refractivity contribution is 9.10. The van der Waals surface area contributed by atoms with Gasteiger partial charge in [0.2, 0.25) is 0 Å². The van der Waals surface area contributed by atoms with E-state index in [-0.39, 0.29) is 6.04 Å². The van der Waals surface area contributed by atoms with Crippen molar-refractivity contribution in [3.63, 3.8) is 0 Å². The van der Waals surface area contributed by atoms with Gasteiger partial charge in [-0.3, -0.25) is 0 Å². The van der Waals surface area contributed by atoms with E-state index in [9.17, 15) is 0 Å². The number of benzene rings is 2. The van der Waals surface area contributed by atoms with Gasteiger partial charge in [0, 0.05) is 16.1 Å². The Morgan fingerprint density at radius 3 is 2.50 bits per heavy atom. The summed E-state index contributed by atoms with van der Waals surface area (Å²) in [4.78, 5) is 0. The van der Waals surface area contributed by atoms with E-state index in [1.54, 1.807) is 0 Å². The minimum Gasteiger partial charge on any atom is -0.457 e. The van der Waals surface area contributed by atoms with Crippen LogP contribution in [0.5, 0.6) is 11.5 Å². The van der Waals surface area contributed by atoms with Crippen molar-refractivity contribution < 1.29 is 4.74 Å². The predicted molar refractivity (Wildman–Crippen MR) is 87.5 cm³/mol. The molecule has 0 aromatic heterocycles. The van der Waals surface area contributed by atoms with E-state index < -0.39 is 0 Å². The monoisotopic (exact) mass is 333 g/mol. The van der Waals surface area contributed by atoms with Crippen molar-refractivity contribution in [3.05, 3.63) is 58.1 Å². The molecule has 20 heavy (non-hydrogen) atoms. The van der Waals surface area contributed by atoms with Gasteiger partial charge in [-0.05, 0) is 50.7 Å². The van der Waals surface area contributed by atoms with E-state index in [2.05, 4.69) is 60.2 Å². The molecule has 1 N–H and O–H groups in total.